The second-order valence-corrected chi connectivity index (χ2v) is 5.01. The molecule has 0 aliphatic heterocycles. The van der Waals surface area contributed by atoms with E-state index in [2.05, 4.69) is 47.5 Å². The van der Waals surface area contributed by atoms with Gasteiger partial charge < -0.3 is 9.40 Å². The zero-order valence-electron chi connectivity index (χ0n) is 13.2. The Morgan fingerprint density at radius 2 is 1.77 bits per heavy atom. The zero-order chi connectivity index (χ0) is 14.4. The summed E-state index contributed by atoms with van der Waals surface area (Å²) in [6.07, 6.45) is 5.21. The van der Waals surface area contributed by atoms with Crippen molar-refractivity contribution in [3.8, 4) is 0 Å². The van der Waals surface area contributed by atoms with Gasteiger partial charge in [-0.25, -0.2) is 0 Å². The molecule has 5 rings (SSSR count). The van der Waals surface area contributed by atoms with Crippen molar-refractivity contribution >= 4 is 38.9 Å². The van der Waals surface area contributed by atoms with Gasteiger partial charge in [-0.2, -0.15) is 0 Å². The molecule has 0 spiro atoms. The molecule has 1 aliphatic rings. The summed E-state index contributed by atoms with van der Waals surface area (Å²) in [7, 11) is 0. The van der Waals surface area contributed by atoms with Gasteiger partial charge in [-0.05, 0) is 5.39 Å². The molecule has 2 nitrogen and oxygen atoms in total. The molecule has 0 radical (unpaired) electrons. The van der Waals surface area contributed by atoms with Crippen molar-refractivity contribution in [1.29, 1.82) is 0 Å². The molecular formula is C19H16KNO. The van der Waals surface area contributed by atoms with Gasteiger partial charge in [-0.1, -0.05) is 62.4 Å². The number of aromatic nitrogens is 1. The second-order valence-electron chi connectivity index (χ2n) is 5.01. The Kier molecular flexibility index (Phi) is 4.62. The predicted molar refractivity (Wildman–Crippen MR) is 88.6 cm³/mol. The fraction of sp³-hybridized carbons (Fsp3) is 0.158. The first-order chi connectivity index (χ1) is 10.4. The molecule has 0 amide bonds. The molecule has 0 bridgehead atoms. The fourth-order valence-electron chi connectivity index (χ4n) is 3.10. The molecule has 0 saturated heterocycles. The Labute approximate surface area is 172 Å². The summed E-state index contributed by atoms with van der Waals surface area (Å²) in [6, 6.07) is 12.5. The van der Waals surface area contributed by atoms with Gasteiger partial charge in [-0.3, -0.25) is 0 Å². The summed E-state index contributed by atoms with van der Waals surface area (Å²) in [4.78, 5) is 4.67. The van der Waals surface area contributed by atoms with Gasteiger partial charge in [0.05, 0.1) is 0 Å². The van der Waals surface area contributed by atoms with E-state index in [4.69, 9.17) is 4.42 Å². The Morgan fingerprint density at radius 3 is 2.64 bits per heavy atom. The molecule has 22 heavy (non-hydrogen) atoms. The maximum Gasteiger partial charge on any atom is 1.00 e. The molecule has 1 aliphatic carbocycles. The van der Waals surface area contributed by atoms with Crippen LogP contribution in [0.3, 0.4) is 0 Å². The summed E-state index contributed by atoms with van der Waals surface area (Å²) in [5, 5.41) is 3.53. The number of allylic oxidation sites excluding steroid dienone is 1. The first kappa shape index (κ1) is 16.0. The van der Waals surface area contributed by atoms with Gasteiger partial charge in [0.15, 0.2) is 0 Å². The van der Waals surface area contributed by atoms with Crippen molar-refractivity contribution in [2.45, 2.75) is 20.3 Å². The van der Waals surface area contributed by atoms with E-state index < -0.39 is 0 Å². The van der Waals surface area contributed by atoms with Crippen molar-refractivity contribution < 1.29 is 55.8 Å². The van der Waals surface area contributed by atoms with Gasteiger partial charge >= 0.3 is 51.4 Å². The van der Waals surface area contributed by atoms with Crippen LogP contribution in [0.15, 0.2) is 46.9 Å². The van der Waals surface area contributed by atoms with E-state index in [0.717, 1.165) is 34.2 Å². The second kappa shape index (κ2) is 6.34. The van der Waals surface area contributed by atoms with Crippen molar-refractivity contribution in [2.75, 3.05) is 0 Å². The Hall–Kier alpha value is -0.844. The Bertz CT molecular complexity index is 991. The van der Waals surface area contributed by atoms with Crippen molar-refractivity contribution in [1.82, 2.24) is 4.98 Å². The van der Waals surface area contributed by atoms with Crippen LogP contribution in [-0.2, 0) is 6.42 Å². The molecule has 0 unspecified atom stereocenters. The van der Waals surface area contributed by atoms with Crippen LogP contribution in [0.2, 0.25) is 0 Å². The van der Waals surface area contributed by atoms with E-state index in [1.54, 1.807) is 0 Å². The summed E-state index contributed by atoms with van der Waals surface area (Å²) < 4.78 is 6.09. The van der Waals surface area contributed by atoms with Crippen LogP contribution in [0.1, 0.15) is 25.2 Å². The van der Waals surface area contributed by atoms with E-state index >= 15 is 0 Å². The summed E-state index contributed by atoms with van der Waals surface area (Å²) in [5.41, 5.74) is 4.28. The number of rotatable bonds is 0. The average molecular weight is 313 g/mol. The smallest absolute Gasteiger partial charge is 0.657 e. The van der Waals surface area contributed by atoms with Crippen LogP contribution in [-0.4, -0.2) is 0 Å². The predicted octanol–water partition coefficient (Wildman–Crippen LogP) is 2.30. The molecule has 2 heterocycles. The van der Waals surface area contributed by atoms with Crippen molar-refractivity contribution in [3.63, 3.8) is 0 Å². The molecule has 0 fully saturated rings. The van der Waals surface area contributed by atoms with E-state index in [0.29, 0.717) is 0 Å². The molecular weight excluding hydrogens is 297 g/mol. The summed E-state index contributed by atoms with van der Waals surface area (Å²) in [5.74, 6) is 1.08. The van der Waals surface area contributed by atoms with Crippen molar-refractivity contribution in [2.24, 2.45) is 0 Å². The van der Waals surface area contributed by atoms with Gasteiger partial charge in [0, 0.05) is 22.8 Å². The third kappa shape index (κ3) is 2.23. The fourth-order valence-corrected chi connectivity index (χ4v) is 3.10. The van der Waals surface area contributed by atoms with Gasteiger partial charge in [0.1, 0.15) is 11.3 Å². The normalized spacial score (nSPS) is 12.3. The molecule has 0 saturated carbocycles. The minimum absolute atomic E-state index is 0. The van der Waals surface area contributed by atoms with E-state index in [1.165, 1.54) is 16.3 Å². The maximum atomic E-state index is 6.09. The zero-order valence-corrected chi connectivity index (χ0v) is 16.3. The monoisotopic (exact) mass is 313 g/mol. The van der Waals surface area contributed by atoms with Crippen LogP contribution in [0, 0.1) is 0 Å². The quantitative estimate of drug-likeness (QED) is 0.466. The van der Waals surface area contributed by atoms with E-state index in [1.807, 2.05) is 19.9 Å². The average Bonchev–Trinajstić information content (AvgIpc) is 3.20. The number of nitrogens with zero attached hydrogens (tertiary/aromatic N) is 1. The van der Waals surface area contributed by atoms with E-state index in [9.17, 15) is 0 Å². The molecule has 0 atom stereocenters. The Morgan fingerprint density at radius 1 is 0.955 bits per heavy atom. The number of hydrogen-bond acceptors (Lipinski definition) is 1. The maximum absolute atomic E-state index is 6.09. The van der Waals surface area contributed by atoms with Crippen LogP contribution in [0.5, 0.6) is 0 Å². The topological polar surface area (TPSA) is 27.2 Å². The van der Waals surface area contributed by atoms with Crippen LogP contribution < -0.4 is 56.4 Å². The van der Waals surface area contributed by atoms with E-state index in [-0.39, 0.29) is 51.4 Å². The molecule has 0 N–H and O–H groups in total. The third-order valence-electron chi connectivity index (χ3n) is 3.95. The SMILES string of the molecule is C1=Cc2c(oc3c2ccc2[n-]c4ccccc4c23)C1.CC.[K+]. The Balaban J connectivity index is 0.000000463. The molecule has 104 valence electrons. The minimum atomic E-state index is 0. The number of hydrogen-bond donors (Lipinski definition) is 0. The first-order valence-corrected chi connectivity index (χ1v) is 7.48. The molecule has 2 aromatic carbocycles. The van der Waals surface area contributed by atoms with Gasteiger partial charge in [-0.15, -0.1) is 11.0 Å². The molecule has 4 aromatic rings. The minimum Gasteiger partial charge on any atom is -0.657 e. The van der Waals surface area contributed by atoms with Crippen LogP contribution in [0.4, 0.5) is 0 Å². The van der Waals surface area contributed by atoms with Crippen molar-refractivity contribution in [3.05, 3.63) is 53.8 Å². The van der Waals surface area contributed by atoms with Crippen LogP contribution in [0.25, 0.3) is 38.9 Å². The first-order valence-electron chi connectivity index (χ1n) is 7.48. The standard InChI is InChI=1S/C17H10NO.C2H6.K/c1-2-6-13-12(4-1)16-14(18-13)9-8-11-10-5-3-7-15(10)19-17(11)16;1-2;/h1-6,8-9H,7H2;1-2H3;/q-1;;+1. The van der Waals surface area contributed by atoms with Gasteiger partial charge in [0.2, 0.25) is 0 Å². The van der Waals surface area contributed by atoms with Gasteiger partial charge in [0.25, 0.3) is 0 Å². The summed E-state index contributed by atoms with van der Waals surface area (Å²) in [6.45, 7) is 4.00. The number of fused-ring (bicyclic) bond motifs is 7. The number of furan rings is 1. The third-order valence-corrected chi connectivity index (χ3v) is 3.95. The summed E-state index contributed by atoms with van der Waals surface area (Å²) >= 11 is 0. The molecule has 2 aromatic heterocycles. The molecule has 3 heteroatoms. The van der Waals surface area contributed by atoms with Crippen LogP contribution >= 0.6 is 0 Å². The largest absolute Gasteiger partial charge is 1.00 e. The number of benzene rings is 2. The number of para-hydroxylation sites is 1.